The van der Waals surface area contributed by atoms with Gasteiger partial charge in [-0.2, -0.15) is 5.10 Å². The van der Waals surface area contributed by atoms with E-state index in [4.69, 9.17) is 5.73 Å². The summed E-state index contributed by atoms with van der Waals surface area (Å²) in [5.74, 6) is 1.37. The second-order valence-corrected chi connectivity index (χ2v) is 5.37. The topological polar surface area (TPSA) is 61.7 Å². The van der Waals surface area contributed by atoms with Crippen LogP contribution in [0.4, 0.5) is 5.95 Å². The highest BCUT2D eigenvalue weighted by Gasteiger charge is 2.29. The first kappa shape index (κ1) is 11.6. The van der Waals surface area contributed by atoms with Crippen LogP contribution in [0, 0.1) is 5.92 Å². The Balaban J connectivity index is 2.15. The Labute approximate surface area is 107 Å². The fourth-order valence-corrected chi connectivity index (χ4v) is 2.99. The number of nitrogens with two attached hydrogens (primary N) is 1. The number of anilines is 1. The molecule has 3 rings (SSSR count). The minimum atomic E-state index is 0.420. The Kier molecular flexibility index (Phi) is 2.57. The zero-order valence-corrected chi connectivity index (χ0v) is 11.3. The smallest absolute Gasteiger partial charge is 0.202 e. The van der Waals surface area contributed by atoms with Crippen LogP contribution in [0.3, 0.4) is 0 Å². The molecule has 0 aromatic carbocycles. The van der Waals surface area contributed by atoms with Crippen LogP contribution in [0.1, 0.15) is 44.8 Å². The SMILES string of the molecule is CCc1nn(C)c2c1nc(N)n2C(C)C1CCC1. The Morgan fingerprint density at radius 1 is 1.44 bits per heavy atom. The Bertz CT molecular complexity index is 576. The van der Waals surface area contributed by atoms with Gasteiger partial charge in [-0.15, -0.1) is 0 Å². The second kappa shape index (κ2) is 4.00. The maximum atomic E-state index is 6.12. The van der Waals surface area contributed by atoms with Crippen LogP contribution in [-0.4, -0.2) is 19.3 Å². The lowest BCUT2D eigenvalue weighted by molar-refractivity contribution is 0.226. The number of hydrogen-bond donors (Lipinski definition) is 1. The maximum absolute atomic E-state index is 6.12. The largest absolute Gasteiger partial charge is 0.369 e. The van der Waals surface area contributed by atoms with Gasteiger partial charge in [0.15, 0.2) is 5.65 Å². The number of rotatable bonds is 3. The number of aryl methyl sites for hydroxylation is 2. The third-order valence-corrected chi connectivity index (χ3v) is 4.34. The molecule has 1 aliphatic rings. The standard InChI is InChI=1S/C13H21N5/c1-4-10-11-12(17(3)16-10)18(13(14)15-11)8(2)9-6-5-7-9/h8-9H,4-7H2,1-3H3,(H2,14,15). The summed E-state index contributed by atoms with van der Waals surface area (Å²) < 4.78 is 4.10. The van der Waals surface area contributed by atoms with Gasteiger partial charge in [0.25, 0.3) is 0 Å². The minimum absolute atomic E-state index is 0.420. The van der Waals surface area contributed by atoms with E-state index in [1.54, 1.807) is 0 Å². The van der Waals surface area contributed by atoms with Crippen molar-refractivity contribution in [1.29, 1.82) is 0 Å². The van der Waals surface area contributed by atoms with Gasteiger partial charge in [0.2, 0.25) is 5.95 Å². The molecular formula is C13H21N5. The van der Waals surface area contributed by atoms with Crippen molar-refractivity contribution in [2.24, 2.45) is 13.0 Å². The molecule has 0 amide bonds. The lowest BCUT2D eigenvalue weighted by Crippen LogP contribution is -2.24. The predicted molar refractivity (Wildman–Crippen MR) is 72.3 cm³/mol. The monoisotopic (exact) mass is 247 g/mol. The van der Waals surface area contributed by atoms with E-state index in [1.807, 2.05) is 11.7 Å². The fraction of sp³-hybridized carbons (Fsp3) is 0.692. The van der Waals surface area contributed by atoms with Crippen LogP contribution in [-0.2, 0) is 13.5 Å². The number of hydrogen-bond acceptors (Lipinski definition) is 3. The summed E-state index contributed by atoms with van der Waals surface area (Å²) in [6.07, 6.45) is 4.85. The van der Waals surface area contributed by atoms with Crippen molar-refractivity contribution in [3.05, 3.63) is 5.69 Å². The highest BCUT2D eigenvalue weighted by Crippen LogP contribution is 2.38. The Morgan fingerprint density at radius 3 is 2.72 bits per heavy atom. The summed E-state index contributed by atoms with van der Waals surface area (Å²) in [5, 5.41) is 4.53. The molecule has 2 aromatic rings. The molecule has 0 spiro atoms. The second-order valence-electron chi connectivity index (χ2n) is 5.37. The van der Waals surface area contributed by atoms with E-state index in [1.165, 1.54) is 19.3 Å². The third-order valence-electron chi connectivity index (χ3n) is 4.34. The van der Waals surface area contributed by atoms with Crippen LogP contribution < -0.4 is 5.73 Å². The van der Waals surface area contributed by atoms with Crippen molar-refractivity contribution in [3.8, 4) is 0 Å². The zero-order valence-electron chi connectivity index (χ0n) is 11.3. The molecule has 1 aliphatic carbocycles. The first-order valence-electron chi connectivity index (χ1n) is 6.82. The van der Waals surface area contributed by atoms with Crippen LogP contribution >= 0.6 is 0 Å². The van der Waals surface area contributed by atoms with E-state index >= 15 is 0 Å². The van der Waals surface area contributed by atoms with Gasteiger partial charge in [-0.25, -0.2) is 4.98 Å². The Hall–Kier alpha value is -1.52. The molecule has 1 atom stereocenters. The molecule has 1 saturated carbocycles. The van der Waals surface area contributed by atoms with Crippen LogP contribution in [0.25, 0.3) is 11.2 Å². The van der Waals surface area contributed by atoms with Gasteiger partial charge in [0.1, 0.15) is 5.52 Å². The third kappa shape index (κ3) is 1.46. The maximum Gasteiger partial charge on any atom is 0.202 e. The first-order chi connectivity index (χ1) is 8.63. The molecule has 2 heterocycles. The number of fused-ring (bicyclic) bond motifs is 1. The zero-order chi connectivity index (χ0) is 12.9. The van der Waals surface area contributed by atoms with E-state index < -0.39 is 0 Å². The van der Waals surface area contributed by atoms with Crippen LogP contribution in [0.15, 0.2) is 0 Å². The van der Waals surface area contributed by atoms with Crippen LogP contribution in [0.5, 0.6) is 0 Å². The van der Waals surface area contributed by atoms with Crippen molar-refractivity contribution >= 4 is 17.1 Å². The number of nitrogen functional groups attached to an aromatic ring is 1. The number of nitrogens with zero attached hydrogens (tertiary/aromatic N) is 4. The molecule has 2 N–H and O–H groups in total. The molecule has 98 valence electrons. The van der Waals surface area contributed by atoms with E-state index in [0.29, 0.717) is 12.0 Å². The number of aromatic nitrogens is 4. The van der Waals surface area contributed by atoms with E-state index in [0.717, 1.165) is 29.2 Å². The summed E-state index contributed by atoms with van der Waals surface area (Å²) in [6, 6.07) is 0.420. The lowest BCUT2D eigenvalue weighted by atomic mass is 9.80. The molecule has 18 heavy (non-hydrogen) atoms. The van der Waals surface area contributed by atoms with Gasteiger partial charge in [0.05, 0.1) is 5.69 Å². The Morgan fingerprint density at radius 2 is 2.17 bits per heavy atom. The van der Waals surface area contributed by atoms with E-state index in [2.05, 4.69) is 28.5 Å². The summed E-state index contributed by atoms with van der Waals surface area (Å²) in [5.41, 5.74) is 9.21. The van der Waals surface area contributed by atoms with Crippen molar-refractivity contribution in [2.45, 2.75) is 45.6 Å². The lowest BCUT2D eigenvalue weighted by Gasteiger charge is -2.32. The van der Waals surface area contributed by atoms with Crippen LogP contribution in [0.2, 0.25) is 0 Å². The van der Waals surface area contributed by atoms with E-state index in [9.17, 15) is 0 Å². The predicted octanol–water partition coefficient (Wildman–Crippen LogP) is 2.28. The first-order valence-corrected chi connectivity index (χ1v) is 6.82. The molecule has 0 bridgehead atoms. The highest BCUT2D eigenvalue weighted by atomic mass is 15.4. The van der Waals surface area contributed by atoms with Crippen molar-refractivity contribution < 1.29 is 0 Å². The average Bonchev–Trinajstić information content (AvgIpc) is 2.73. The molecule has 5 nitrogen and oxygen atoms in total. The normalized spacial score (nSPS) is 18.2. The summed E-state index contributed by atoms with van der Waals surface area (Å²) in [4.78, 5) is 4.52. The van der Waals surface area contributed by atoms with Gasteiger partial charge in [-0.1, -0.05) is 13.3 Å². The number of imidazole rings is 1. The van der Waals surface area contributed by atoms with Crippen molar-refractivity contribution in [3.63, 3.8) is 0 Å². The molecule has 0 aliphatic heterocycles. The molecule has 2 aromatic heterocycles. The van der Waals surface area contributed by atoms with Crippen molar-refractivity contribution in [1.82, 2.24) is 19.3 Å². The highest BCUT2D eigenvalue weighted by molar-refractivity contribution is 5.78. The van der Waals surface area contributed by atoms with Gasteiger partial charge in [0, 0.05) is 13.1 Å². The minimum Gasteiger partial charge on any atom is -0.369 e. The van der Waals surface area contributed by atoms with Gasteiger partial charge in [-0.3, -0.25) is 9.25 Å². The average molecular weight is 247 g/mol. The molecule has 1 unspecified atom stereocenters. The molecule has 1 fully saturated rings. The molecular weight excluding hydrogens is 226 g/mol. The molecule has 0 saturated heterocycles. The quantitative estimate of drug-likeness (QED) is 0.905. The molecule has 5 heteroatoms. The summed E-state index contributed by atoms with van der Waals surface area (Å²) >= 11 is 0. The summed E-state index contributed by atoms with van der Waals surface area (Å²) in [6.45, 7) is 4.35. The van der Waals surface area contributed by atoms with Crippen molar-refractivity contribution in [2.75, 3.05) is 5.73 Å². The fourth-order valence-electron chi connectivity index (χ4n) is 2.99. The summed E-state index contributed by atoms with van der Waals surface area (Å²) in [7, 11) is 1.98. The van der Waals surface area contributed by atoms with Gasteiger partial charge in [-0.05, 0) is 32.1 Å². The van der Waals surface area contributed by atoms with E-state index in [-0.39, 0.29) is 0 Å². The van der Waals surface area contributed by atoms with Gasteiger partial charge < -0.3 is 5.73 Å². The molecule has 0 radical (unpaired) electrons. The van der Waals surface area contributed by atoms with Gasteiger partial charge >= 0.3 is 0 Å².